The Bertz CT molecular complexity index is 1370. The van der Waals surface area contributed by atoms with Crippen LogP contribution in [0, 0.1) is 17.2 Å². The van der Waals surface area contributed by atoms with Crippen molar-refractivity contribution in [3.8, 4) is 11.8 Å². The maximum Gasteiger partial charge on any atom is 0.179 e. The molecule has 4 rings (SSSR count). The number of likely N-dealkylation sites (tertiary alicyclic amines) is 1. The second-order valence-corrected chi connectivity index (χ2v) is 14.8. The smallest absolute Gasteiger partial charge is 0.179 e. The highest BCUT2D eigenvalue weighted by atomic mass is 35.5. The van der Waals surface area contributed by atoms with E-state index < -0.39 is 31.2 Å². The van der Waals surface area contributed by atoms with Crippen molar-refractivity contribution in [2.75, 3.05) is 30.9 Å². The van der Waals surface area contributed by atoms with E-state index in [-0.39, 0.29) is 4.90 Å². The van der Waals surface area contributed by atoms with Crippen LogP contribution in [-0.4, -0.2) is 64.7 Å². The Labute approximate surface area is 218 Å². The van der Waals surface area contributed by atoms with E-state index >= 15 is 0 Å². The van der Waals surface area contributed by atoms with Crippen molar-refractivity contribution in [1.82, 2.24) is 4.90 Å². The summed E-state index contributed by atoms with van der Waals surface area (Å²) in [6, 6.07) is 13.0. The van der Waals surface area contributed by atoms with Crippen LogP contribution in [-0.2, 0) is 32.5 Å². The lowest BCUT2D eigenvalue weighted by molar-refractivity contribution is 0.164. The van der Waals surface area contributed by atoms with Crippen molar-refractivity contribution >= 4 is 31.3 Å². The molecule has 0 N–H and O–H groups in total. The van der Waals surface area contributed by atoms with Gasteiger partial charge in [-0.3, -0.25) is 4.90 Å². The highest BCUT2D eigenvalue weighted by Gasteiger charge is 2.36. The Hall–Kier alpha value is -2.12. The van der Waals surface area contributed by atoms with Gasteiger partial charge in [0.1, 0.15) is 15.6 Å². The minimum atomic E-state index is -3.66. The summed E-state index contributed by atoms with van der Waals surface area (Å²) in [6.45, 7) is 3.70. The topological polar surface area (TPSA) is 105 Å². The summed E-state index contributed by atoms with van der Waals surface area (Å²) in [5.41, 5.74) is 2.99. The largest absolute Gasteiger partial charge is 0.493 e. The lowest BCUT2D eigenvalue weighted by Gasteiger charge is -2.35. The van der Waals surface area contributed by atoms with Gasteiger partial charge in [0, 0.05) is 35.8 Å². The van der Waals surface area contributed by atoms with Gasteiger partial charge in [-0.1, -0.05) is 11.6 Å². The third-order valence-electron chi connectivity index (χ3n) is 7.18. The summed E-state index contributed by atoms with van der Waals surface area (Å²) in [5.74, 6) is 0.114. The third-order valence-corrected chi connectivity index (χ3v) is 10.3. The molecule has 0 aromatic heterocycles. The Morgan fingerprint density at radius 1 is 1.14 bits per heavy atom. The van der Waals surface area contributed by atoms with Gasteiger partial charge in [-0.2, -0.15) is 5.26 Å². The molecule has 1 fully saturated rings. The average Bonchev–Trinajstić information content (AvgIpc) is 3.20. The molecule has 2 aromatic rings. The fraction of sp³-hybridized carbons (Fsp3) is 0.500. The normalized spacial score (nSPS) is 22.7. The standard InChI is InChI=1S/C26H31ClN2O5S2/c1-18-11-19(16-29(18)23-3-8-26-20(14-23)12-22(27)13-21(26)15-28)17-34-24-4-6-25(7-5-24)36(32,33)10-9-35(2,30)31/h4-7,12-13,18-19,23H,3,8-11,14,16-17H2,1-2H3. The minimum absolute atomic E-state index is 0.0939. The van der Waals surface area contributed by atoms with Crippen molar-refractivity contribution in [2.24, 2.45) is 5.92 Å². The maximum absolute atomic E-state index is 12.4. The molecule has 2 aliphatic rings. The molecule has 36 heavy (non-hydrogen) atoms. The van der Waals surface area contributed by atoms with Crippen LogP contribution >= 0.6 is 11.6 Å². The first-order chi connectivity index (χ1) is 16.9. The van der Waals surface area contributed by atoms with Gasteiger partial charge in [0.2, 0.25) is 0 Å². The highest BCUT2D eigenvalue weighted by molar-refractivity contribution is 7.94. The lowest BCUT2D eigenvalue weighted by Crippen LogP contribution is -2.41. The van der Waals surface area contributed by atoms with Crippen LogP contribution < -0.4 is 4.74 Å². The Morgan fingerprint density at radius 2 is 1.86 bits per heavy atom. The number of ether oxygens (including phenoxy) is 1. The van der Waals surface area contributed by atoms with Crippen LogP contribution in [0.5, 0.6) is 5.75 Å². The molecule has 2 aromatic carbocycles. The van der Waals surface area contributed by atoms with Crippen molar-refractivity contribution in [3.63, 3.8) is 0 Å². The first-order valence-corrected chi connectivity index (χ1v) is 16.1. The first kappa shape index (κ1) is 26.9. The van der Waals surface area contributed by atoms with E-state index in [4.69, 9.17) is 16.3 Å². The zero-order valence-corrected chi connectivity index (χ0v) is 22.9. The molecule has 7 nitrogen and oxygen atoms in total. The Kier molecular flexibility index (Phi) is 8.01. The van der Waals surface area contributed by atoms with Crippen molar-refractivity contribution in [1.29, 1.82) is 5.26 Å². The molecule has 3 atom stereocenters. The molecule has 0 amide bonds. The molecular weight excluding hydrogens is 520 g/mol. The van der Waals surface area contributed by atoms with Gasteiger partial charge in [0.15, 0.2) is 9.84 Å². The van der Waals surface area contributed by atoms with Crippen LogP contribution in [0.25, 0.3) is 0 Å². The molecule has 0 radical (unpaired) electrons. The van der Waals surface area contributed by atoms with E-state index in [0.717, 1.165) is 44.0 Å². The zero-order valence-electron chi connectivity index (χ0n) is 20.5. The number of fused-ring (bicyclic) bond motifs is 1. The molecule has 0 spiro atoms. The van der Waals surface area contributed by atoms with E-state index in [1.54, 1.807) is 18.2 Å². The molecule has 10 heteroatoms. The van der Waals surface area contributed by atoms with Crippen molar-refractivity contribution in [2.45, 2.75) is 49.6 Å². The molecule has 1 heterocycles. The molecule has 194 valence electrons. The third kappa shape index (κ3) is 6.41. The second kappa shape index (κ2) is 10.7. The minimum Gasteiger partial charge on any atom is -0.493 e. The van der Waals surface area contributed by atoms with Gasteiger partial charge in [0.05, 0.1) is 34.6 Å². The summed E-state index contributed by atoms with van der Waals surface area (Å²) in [4.78, 5) is 2.64. The second-order valence-electron chi connectivity index (χ2n) is 9.98. The van der Waals surface area contributed by atoms with E-state index in [0.29, 0.717) is 40.9 Å². The summed E-state index contributed by atoms with van der Waals surface area (Å²) in [6.07, 6.45) is 4.82. The summed E-state index contributed by atoms with van der Waals surface area (Å²) in [7, 11) is -7.02. The number of nitrogens with zero attached hydrogens (tertiary/aromatic N) is 2. The SMILES string of the molecule is CC1CC(COc2ccc(S(=O)(=O)CCS(C)(=O)=O)cc2)CN1C1CCc2c(C#N)cc(Cl)cc2C1. The number of benzene rings is 2. The maximum atomic E-state index is 12.4. The van der Waals surface area contributed by atoms with Crippen LogP contribution in [0.2, 0.25) is 5.02 Å². The van der Waals surface area contributed by atoms with Crippen LogP contribution in [0.3, 0.4) is 0 Å². The summed E-state index contributed by atoms with van der Waals surface area (Å²) in [5, 5.41) is 10.1. The highest BCUT2D eigenvalue weighted by Crippen LogP contribution is 2.34. The van der Waals surface area contributed by atoms with Gasteiger partial charge in [-0.15, -0.1) is 0 Å². The fourth-order valence-corrected chi connectivity index (χ4v) is 8.47. The van der Waals surface area contributed by atoms with Crippen molar-refractivity contribution < 1.29 is 21.6 Å². The Morgan fingerprint density at radius 3 is 2.53 bits per heavy atom. The van der Waals surface area contributed by atoms with Gasteiger partial charge in [0.25, 0.3) is 0 Å². The molecule has 1 aliphatic carbocycles. The molecular formula is C26H31ClN2O5S2. The molecule has 1 aliphatic heterocycles. The number of nitriles is 1. The number of rotatable bonds is 8. The predicted molar refractivity (Wildman–Crippen MR) is 140 cm³/mol. The summed E-state index contributed by atoms with van der Waals surface area (Å²) < 4.78 is 53.4. The zero-order chi connectivity index (χ0) is 26.1. The monoisotopic (exact) mass is 550 g/mol. The quantitative estimate of drug-likeness (QED) is 0.493. The predicted octanol–water partition coefficient (Wildman–Crippen LogP) is 3.68. The number of hydrogen-bond donors (Lipinski definition) is 0. The van der Waals surface area contributed by atoms with Crippen LogP contribution in [0.4, 0.5) is 0 Å². The lowest BCUT2D eigenvalue weighted by atomic mass is 9.85. The van der Waals surface area contributed by atoms with Gasteiger partial charge in [-0.05, 0) is 80.1 Å². The van der Waals surface area contributed by atoms with Crippen LogP contribution in [0.1, 0.15) is 36.5 Å². The number of halogens is 1. The van der Waals surface area contributed by atoms with Gasteiger partial charge in [-0.25, -0.2) is 16.8 Å². The van der Waals surface area contributed by atoms with Crippen LogP contribution in [0.15, 0.2) is 41.3 Å². The van der Waals surface area contributed by atoms with E-state index in [1.807, 2.05) is 6.07 Å². The molecule has 1 saturated heterocycles. The van der Waals surface area contributed by atoms with Gasteiger partial charge < -0.3 is 4.74 Å². The number of sulfone groups is 2. The molecule has 3 unspecified atom stereocenters. The number of hydrogen-bond acceptors (Lipinski definition) is 7. The van der Waals surface area contributed by atoms with Crippen molar-refractivity contribution in [3.05, 3.63) is 58.1 Å². The average molecular weight is 551 g/mol. The van der Waals surface area contributed by atoms with E-state index in [9.17, 15) is 22.1 Å². The van der Waals surface area contributed by atoms with E-state index in [2.05, 4.69) is 17.9 Å². The molecule has 0 bridgehead atoms. The molecule has 0 saturated carbocycles. The van der Waals surface area contributed by atoms with Gasteiger partial charge >= 0.3 is 0 Å². The summed E-state index contributed by atoms with van der Waals surface area (Å²) >= 11 is 6.25. The Balaban J connectivity index is 1.33. The first-order valence-electron chi connectivity index (χ1n) is 12.1. The van der Waals surface area contributed by atoms with E-state index in [1.165, 1.54) is 17.7 Å². The fourth-order valence-electron chi connectivity index (χ4n) is 5.36.